The minimum absolute atomic E-state index is 0. The second-order valence-electron chi connectivity index (χ2n) is 5.38. The fourth-order valence-electron chi connectivity index (χ4n) is 2.41. The summed E-state index contributed by atoms with van der Waals surface area (Å²) in [5.41, 5.74) is 7.22. The summed E-state index contributed by atoms with van der Waals surface area (Å²) in [7, 11) is 0. The molecule has 0 saturated heterocycles. The Morgan fingerprint density at radius 3 is 2.38 bits per heavy atom. The van der Waals surface area contributed by atoms with E-state index in [0.29, 0.717) is 24.1 Å². The van der Waals surface area contributed by atoms with Gasteiger partial charge in [-0.2, -0.15) is 0 Å². The first-order chi connectivity index (χ1) is 11.0. The van der Waals surface area contributed by atoms with Gasteiger partial charge in [-0.15, -0.1) is 12.4 Å². The number of hydrogen-bond acceptors (Lipinski definition) is 2. The van der Waals surface area contributed by atoms with Crippen LogP contribution in [0, 0.1) is 11.6 Å². The summed E-state index contributed by atoms with van der Waals surface area (Å²) in [6.07, 6.45) is 1.32. The van der Waals surface area contributed by atoms with Crippen LogP contribution < -0.4 is 11.1 Å². The molecule has 0 fully saturated rings. The molecular formula is C18H21ClF2N2O. The Hall–Kier alpha value is -1.98. The molecule has 0 aliphatic heterocycles. The summed E-state index contributed by atoms with van der Waals surface area (Å²) in [5, 5.41) is 2.82. The number of nitrogens with two attached hydrogens (primary N) is 1. The van der Waals surface area contributed by atoms with Gasteiger partial charge in [-0.25, -0.2) is 8.78 Å². The van der Waals surface area contributed by atoms with E-state index in [1.54, 1.807) is 24.3 Å². The number of nitrogens with one attached hydrogen (secondary N) is 1. The third-order valence-corrected chi connectivity index (χ3v) is 3.67. The zero-order valence-corrected chi connectivity index (χ0v) is 14.2. The van der Waals surface area contributed by atoms with Crippen LogP contribution in [0.15, 0.2) is 42.5 Å². The minimum Gasteiger partial charge on any atom is -0.345 e. The first kappa shape index (κ1) is 20.1. The molecule has 0 spiro atoms. The monoisotopic (exact) mass is 354 g/mol. The first-order valence-electron chi connectivity index (χ1n) is 7.60. The second-order valence-corrected chi connectivity index (χ2v) is 5.38. The van der Waals surface area contributed by atoms with Crippen molar-refractivity contribution >= 4 is 18.3 Å². The zero-order chi connectivity index (χ0) is 16.8. The van der Waals surface area contributed by atoms with E-state index in [2.05, 4.69) is 5.32 Å². The summed E-state index contributed by atoms with van der Waals surface area (Å²) >= 11 is 0. The van der Waals surface area contributed by atoms with Crippen LogP contribution in [0.5, 0.6) is 0 Å². The topological polar surface area (TPSA) is 55.1 Å². The summed E-state index contributed by atoms with van der Waals surface area (Å²) in [6.45, 7) is 2.35. The maximum atomic E-state index is 14.0. The summed E-state index contributed by atoms with van der Waals surface area (Å²) in [4.78, 5) is 12.3. The minimum atomic E-state index is -0.651. The van der Waals surface area contributed by atoms with Crippen LogP contribution in [0.1, 0.15) is 47.3 Å². The highest BCUT2D eigenvalue weighted by Crippen LogP contribution is 2.23. The molecule has 24 heavy (non-hydrogen) atoms. The van der Waals surface area contributed by atoms with Crippen molar-refractivity contribution in [3.63, 3.8) is 0 Å². The van der Waals surface area contributed by atoms with Gasteiger partial charge < -0.3 is 11.1 Å². The van der Waals surface area contributed by atoms with Crippen molar-refractivity contribution in [3.05, 3.63) is 70.8 Å². The molecule has 0 radical (unpaired) electrons. The van der Waals surface area contributed by atoms with Crippen molar-refractivity contribution in [1.29, 1.82) is 0 Å². The van der Waals surface area contributed by atoms with Gasteiger partial charge in [0, 0.05) is 23.7 Å². The molecule has 6 heteroatoms. The fraction of sp³-hybridized carbons (Fsp3) is 0.278. The van der Waals surface area contributed by atoms with Crippen molar-refractivity contribution < 1.29 is 13.6 Å². The molecule has 1 amide bonds. The fourth-order valence-corrected chi connectivity index (χ4v) is 2.41. The van der Waals surface area contributed by atoms with Gasteiger partial charge in [-0.05, 0) is 30.2 Å². The van der Waals surface area contributed by atoms with Crippen molar-refractivity contribution in [2.75, 3.05) is 0 Å². The van der Waals surface area contributed by atoms with Gasteiger partial charge in [0.15, 0.2) is 0 Å². The highest BCUT2D eigenvalue weighted by molar-refractivity contribution is 5.94. The normalized spacial score (nSPS) is 11.5. The average Bonchev–Trinajstić information content (AvgIpc) is 2.54. The van der Waals surface area contributed by atoms with Gasteiger partial charge in [0.1, 0.15) is 11.6 Å². The third-order valence-electron chi connectivity index (χ3n) is 3.67. The van der Waals surface area contributed by atoms with Crippen molar-refractivity contribution in [1.82, 2.24) is 5.32 Å². The van der Waals surface area contributed by atoms with Crippen molar-refractivity contribution in [2.24, 2.45) is 5.73 Å². The average molecular weight is 355 g/mol. The lowest BCUT2D eigenvalue weighted by Crippen LogP contribution is -2.29. The molecule has 0 aromatic heterocycles. The van der Waals surface area contributed by atoms with E-state index >= 15 is 0 Å². The molecule has 0 aliphatic rings. The van der Waals surface area contributed by atoms with Crippen LogP contribution in [0.4, 0.5) is 8.78 Å². The van der Waals surface area contributed by atoms with E-state index in [0.717, 1.165) is 18.1 Å². The van der Waals surface area contributed by atoms with Crippen LogP contribution in [0.3, 0.4) is 0 Å². The molecular weight excluding hydrogens is 334 g/mol. The Morgan fingerprint density at radius 1 is 1.17 bits per heavy atom. The maximum absolute atomic E-state index is 14.0. The molecule has 1 unspecified atom stereocenters. The molecule has 2 rings (SSSR count). The van der Waals surface area contributed by atoms with Crippen LogP contribution in [0.25, 0.3) is 0 Å². The number of carbonyl (C=O) groups excluding carboxylic acids is 1. The molecule has 130 valence electrons. The summed E-state index contributed by atoms with van der Waals surface area (Å²) < 4.78 is 27.0. The van der Waals surface area contributed by atoms with Crippen molar-refractivity contribution in [3.8, 4) is 0 Å². The standard InChI is InChI=1S/C18H20F2N2O.ClH/c1-2-3-17(15-9-8-14(19)10-16(15)20)22-18(23)13-6-4-12(11-21)5-7-13;/h4-10,17H,2-3,11,21H2,1H3,(H,22,23);1H. The molecule has 0 aliphatic carbocycles. The van der Waals surface area contributed by atoms with E-state index in [1.165, 1.54) is 12.1 Å². The molecule has 1 atom stereocenters. The Morgan fingerprint density at radius 2 is 1.83 bits per heavy atom. The maximum Gasteiger partial charge on any atom is 0.251 e. The van der Waals surface area contributed by atoms with E-state index < -0.39 is 17.7 Å². The van der Waals surface area contributed by atoms with Gasteiger partial charge in [0.05, 0.1) is 6.04 Å². The second kappa shape index (κ2) is 9.35. The predicted molar refractivity (Wildman–Crippen MR) is 93.1 cm³/mol. The molecule has 2 aromatic carbocycles. The lowest BCUT2D eigenvalue weighted by molar-refractivity contribution is 0.0934. The Kier molecular flexibility index (Phi) is 7.82. The van der Waals surface area contributed by atoms with Crippen LogP contribution in [-0.2, 0) is 6.54 Å². The van der Waals surface area contributed by atoms with E-state index in [4.69, 9.17) is 5.73 Å². The van der Waals surface area contributed by atoms with E-state index in [9.17, 15) is 13.6 Å². The first-order valence-corrected chi connectivity index (χ1v) is 7.60. The number of amides is 1. The SMILES string of the molecule is CCCC(NC(=O)c1ccc(CN)cc1)c1ccc(F)cc1F.Cl. The number of rotatable bonds is 6. The zero-order valence-electron chi connectivity index (χ0n) is 13.4. The van der Waals surface area contributed by atoms with Gasteiger partial charge >= 0.3 is 0 Å². The summed E-state index contributed by atoms with van der Waals surface area (Å²) in [5.74, 6) is -1.58. The third kappa shape index (κ3) is 5.01. The van der Waals surface area contributed by atoms with Crippen LogP contribution in [-0.4, -0.2) is 5.91 Å². The summed E-state index contributed by atoms with van der Waals surface area (Å²) in [6, 6.07) is 9.84. The lowest BCUT2D eigenvalue weighted by Gasteiger charge is -2.19. The molecule has 3 nitrogen and oxygen atoms in total. The largest absolute Gasteiger partial charge is 0.345 e. The van der Waals surface area contributed by atoms with E-state index in [-0.39, 0.29) is 18.3 Å². The van der Waals surface area contributed by atoms with E-state index in [1.807, 2.05) is 6.92 Å². The number of carbonyl (C=O) groups is 1. The van der Waals surface area contributed by atoms with Gasteiger partial charge in [-0.1, -0.05) is 31.5 Å². The highest BCUT2D eigenvalue weighted by atomic mass is 35.5. The van der Waals surface area contributed by atoms with Crippen molar-refractivity contribution in [2.45, 2.75) is 32.4 Å². The van der Waals surface area contributed by atoms with Crippen LogP contribution in [0.2, 0.25) is 0 Å². The molecule has 0 heterocycles. The smallest absolute Gasteiger partial charge is 0.251 e. The quantitative estimate of drug-likeness (QED) is 0.820. The Labute approximate surface area is 146 Å². The van der Waals surface area contributed by atoms with Gasteiger partial charge in [0.2, 0.25) is 0 Å². The molecule has 0 bridgehead atoms. The predicted octanol–water partition coefficient (Wildman–Crippen LogP) is 4.12. The Balaban J connectivity index is 0.00000288. The van der Waals surface area contributed by atoms with Gasteiger partial charge in [0.25, 0.3) is 5.91 Å². The number of benzene rings is 2. The number of hydrogen-bond donors (Lipinski definition) is 2. The molecule has 0 saturated carbocycles. The van der Waals surface area contributed by atoms with Gasteiger partial charge in [-0.3, -0.25) is 4.79 Å². The Bertz CT molecular complexity index is 677. The lowest BCUT2D eigenvalue weighted by atomic mass is 10.0. The van der Waals surface area contributed by atoms with Crippen LogP contribution >= 0.6 is 12.4 Å². The molecule has 3 N–H and O–H groups in total. The molecule has 2 aromatic rings. The highest BCUT2D eigenvalue weighted by Gasteiger charge is 2.18. The number of halogens is 3.